The van der Waals surface area contributed by atoms with E-state index in [4.69, 9.17) is 5.73 Å². The molecule has 3 rings (SSSR count). The summed E-state index contributed by atoms with van der Waals surface area (Å²) in [6.07, 6.45) is 2.83. The molecule has 1 aliphatic rings. The molecule has 0 bridgehead atoms. The Bertz CT molecular complexity index is 913. The van der Waals surface area contributed by atoms with E-state index in [-0.39, 0.29) is 22.6 Å². The van der Waals surface area contributed by atoms with Crippen molar-refractivity contribution < 1.29 is 13.2 Å². The molecule has 7 heteroatoms. The van der Waals surface area contributed by atoms with Crippen LogP contribution in [0.4, 0.5) is 11.4 Å². The summed E-state index contributed by atoms with van der Waals surface area (Å²) in [5, 5.41) is 2.91. The van der Waals surface area contributed by atoms with Crippen LogP contribution in [0, 0.1) is 18.8 Å². The average Bonchev–Trinajstić information content (AvgIpc) is 3.14. The minimum absolute atomic E-state index is 0.0522. The van der Waals surface area contributed by atoms with Gasteiger partial charge in [0, 0.05) is 11.6 Å². The van der Waals surface area contributed by atoms with Crippen molar-refractivity contribution in [2.45, 2.75) is 31.1 Å². The summed E-state index contributed by atoms with van der Waals surface area (Å²) in [6, 6.07) is 13.4. The fourth-order valence-corrected chi connectivity index (χ4v) is 4.65. The molecule has 2 aromatic carbocycles. The molecule has 0 radical (unpaired) electrons. The van der Waals surface area contributed by atoms with Crippen LogP contribution < -0.4 is 15.8 Å². The summed E-state index contributed by atoms with van der Waals surface area (Å²) >= 11 is 0. The van der Waals surface area contributed by atoms with E-state index in [9.17, 15) is 13.2 Å². The van der Waals surface area contributed by atoms with E-state index in [0.717, 1.165) is 24.8 Å². The van der Waals surface area contributed by atoms with E-state index in [2.05, 4.69) is 10.0 Å². The van der Waals surface area contributed by atoms with Crippen molar-refractivity contribution >= 4 is 27.3 Å². The maximum Gasteiger partial charge on any atom is 0.261 e. The molecule has 1 aliphatic carbocycles. The second kappa shape index (κ2) is 8.10. The number of carbonyl (C=O) groups excluding carboxylic acids is 1. The lowest BCUT2D eigenvalue weighted by atomic mass is 9.95. The number of hydrogen-bond donors (Lipinski definition) is 3. The summed E-state index contributed by atoms with van der Waals surface area (Å²) in [4.78, 5) is 12.8. The molecule has 6 nitrogen and oxygen atoms in total. The molecule has 0 aromatic heterocycles. The molecule has 0 heterocycles. The summed E-state index contributed by atoms with van der Waals surface area (Å²) in [7, 11) is -3.69. The maximum absolute atomic E-state index is 12.6. The fraction of sp³-hybridized carbons (Fsp3) is 0.350. The van der Waals surface area contributed by atoms with Gasteiger partial charge >= 0.3 is 0 Å². The summed E-state index contributed by atoms with van der Waals surface area (Å²) in [6.45, 7) is 2.32. The van der Waals surface area contributed by atoms with Crippen molar-refractivity contribution in [3.05, 3.63) is 54.1 Å². The number of benzene rings is 2. The highest BCUT2D eigenvalue weighted by Gasteiger charge is 2.32. The second-order valence-electron chi connectivity index (χ2n) is 6.97. The Hall–Kier alpha value is -2.38. The van der Waals surface area contributed by atoms with Crippen molar-refractivity contribution in [1.29, 1.82) is 0 Å². The van der Waals surface area contributed by atoms with Gasteiger partial charge in [-0.1, -0.05) is 30.7 Å². The Labute approximate surface area is 160 Å². The van der Waals surface area contributed by atoms with Gasteiger partial charge in [-0.2, -0.15) is 0 Å². The molecule has 0 aliphatic heterocycles. The number of anilines is 2. The first-order valence-corrected chi connectivity index (χ1v) is 10.6. The van der Waals surface area contributed by atoms with Crippen LogP contribution in [0.2, 0.25) is 0 Å². The largest absolute Gasteiger partial charge is 0.330 e. The minimum Gasteiger partial charge on any atom is -0.330 e. The fourth-order valence-electron chi connectivity index (χ4n) is 3.51. The Morgan fingerprint density at radius 1 is 1.15 bits per heavy atom. The third-order valence-corrected chi connectivity index (χ3v) is 6.48. The van der Waals surface area contributed by atoms with Gasteiger partial charge in [0.2, 0.25) is 5.91 Å². The van der Waals surface area contributed by atoms with Crippen LogP contribution in [-0.2, 0) is 14.8 Å². The Balaban J connectivity index is 1.77. The molecular weight excluding hydrogens is 362 g/mol. The molecule has 27 heavy (non-hydrogen) atoms. The van der Waals surface area contributed by atoms with E-state index >= 15 is 0 Å². The number of hydrogen-bond acceptors (Lipinski definition) is 4. The summed E-state index contributed by atoms with van der Waals surface area (Å²) in [5.74, 6) is 0.0796. The maximum atomic E-state index is 12.6. The predicted molar refractivity (Wildman–Crippen MR) is 107 cm³/mol. The van der Waals surface area contributed by atoms with E-state index in [1.165, 1.54) is 12.1 Å². The first-order valence-electron chi connectivity index (χ1n) is 9.10. The lowest BCUT2D eigenvalue weighted by Crippen LogP contribution is -2.29. The average molecular weight is 388 g/mol. The molecule has 1 saturated carbocycles. The molecule has 2 atom stereocenters. The molecule has 144 valence electrons. The van der Waals surface area contributed by atoms with Crippen LogP contribution in [0.3, 0.4) is 0 Å². The van der Waals surface area contributed by atoms with Crippen molar-refractivity contribution in [3.63, 3.8) is 0 Å². The normalized spacial score (nSPS) is 19.6. The van der Waals surface area contributed by atoms with E-state index in [0.29, 0.717) is 17.9 Å². The number of carbonyl (C=O) groups is 1. The van der Waals surface area contributed by atoms with Gasteiger partial charge in [0.1, 0.15) is 0 Å². The lowest BCUT2D eigenvalue weighted by molar-refractivity contribution is -0.120. The molecule has 0 saturated heterocycles. The third-order valence-electron chi connectivity index (χ3n) is 5.10. The van der Waals surface area contributed by atoms with Gasteiger partial charge in [-0.15, -0.1) is 0 Å². The zero-order valence-electron chi connectivity index (χ0n) is 15.3. The standard InChI is InChI=1S/C20H25N3O3S/c1-14-10-11-16(22-20(24)18-9-5-6-15(18)13-21)12-19(14)23-27(25,26)17-7-3-2-4-8-17/h2-4,7-8,10-12,15,18,23H,5-6,9,13,21H2,1H3,(H,22,24)/t15-,18-/m1/s1. The van der Waals surface area contributed by atoms with Crippen LogP contribution >= 0.6 is 0 Å². The smallest absolute Gasteiger partial charge is 0.261 e. The number of amides is 1. The van der Waals surface area contributed by atoms with E-state index < -0.39 is 10.0 Å². The molecule has 0 spiro atoms. The SMILES string of the molecule is Cc1ccc(NC(=O)[C@@H]2CCC[C@@H]2CN)cc1NS(=O)(=O)c1ccccc1. The highest BCUT2D eigenvalue weighted by Crippen LogP contribution is 2.32. The van der Waals surface area contributed by atoms with Gasteiger partial charge < -0.3 is 11.1 Å². The second-order valence-corrected chi connectivity index (χ2v) is 8.65. The minimum atomic E-state index is -3.69. The number of nitrogens with two attached hydrogens (primary N) is 1. The molecule has 1 fully saturated rings. The highest BCUT2D eigenvalue weighted by atomic mass is 32.2. The van der Waals surface area contributed by atoms with E-state index in [1.807, 2.05) is 6.92 Å². The van der Waals surface area contributed by atoms with Crippen molar-refractivity contribution in [2.75, 3.05) is 16.6 Å². The number of sulfonamides is 1. The zero-order chi connectivity index (χ0) is 19.4. The van der Waals surface area contributed by atoms with Crippen molar-refractivity contribution in [1.82, 2.24) is 0 Å². The summed E-state index contributed by atoms with van der Waals surface area (Å²) < 4.78 is 27.7. The van der Waals surface area contributed by atoms with Crippen LogP contribution in [0.15, 0.2) is 53.4 Å². The number of aryl methyl sites for hydroxylation is 1. The Kier molecular flexibility index (Phi) is 5.82. The Morgan fingerprint density at radius 3 is 2.59 bits per heavy atom. The van der Waals surface area contributed by atoms with Gasteiger partial charge in [-0.05, 0) is 62.1 Å². The topological polar surface area (TPSA) is 101 Å². The molecule has 2 aromatic rings. The van der Waals surface area contributed by atoms with Crippen molar-refractivity contribution in [2.24, 2.45) is 17.6 Å². The van der Waals surface area contributed by atoms with Gasteiger partial charge in [0.05, 0.1) is 10.6 Å². The zero-order valence-corrected chi connectivity index (χ0v) is 16.1. The van der Waals surface area contributed by atoms with Gasteiger partial charge in [-0.3, -0.25) is 9.52 Å². The first kappa shape index (κ1) is 19.4. The molecular formula is C20H25N3O3S. The number of nitrogens with one attached hydrogen (secondary N) is 2. The molecule has 0 unspecified atom stereocenters. The molecule has 4 N–H and O–H groups in total. The lowest BCUT2D eigenvalue weighted by Gasteiger charge is -2.18. The van der Waals surface area contributed by atoms with Crippen LogP contribution in [-0.4, -0.2) is 20.9 Å². The van der Waals surface area contributed by atoms with Gasteiger partial charge in [0.15, 0.2) is 0 Å². The first-order chi connectivity index (χ1) is 12.9. The van der Waals surface area contributed by atoms with Gasteiger partial charge in [-0.25, -0.2) is 8.42 Å². The summed E-state index contributed by atoms with van der Waals surface area (Å²) in [5.41, 5.74) is 7.55. The monoisotopic (exact) mass is 387 g/mol. The predicted octanol–water partition coefficient (Wildman–Crippen LogP) is 3.11. The number of rotatable bonds is 6. The Morgan fingerprint density at radius 2 is 1.89 bits per heavy atom. The van der Waals surface area contributed by atoms with Crippen LogP contribution in [0.25, 0.3) is 0 Å². The van der Waals surface area contributed by atoms with Crippen molar-refractivity contribution in [3.8, 4) is 0 Å². The molecule has 1 amide bonds. The van der Waals surface area contributed by atoms with E-state index in [1.54, 1.807) is 36.4 Å². The van der Waals surface area contributed by atoms with Gasteiger partial charge in [0.25, 0.3) is 10.0 Å². The third kappa shape index (κ3) is 4.48. The van der Waals surface area contributed by atoms with Crippen LogP contribution in [0.1, 0.15) is 24.8 Å². The quantitative estimate of drug-likeness (QED) is 0.709. The van der Waals surface area contributed by atoms with Crippen LogP contribution in [0.5, 0.6) is 0 Å². The highest BCUT2D eigenvalue weighted by molar-refractivity contribution is 7.92.